The standard InChI is InChI=1S/C14H17ClN2O3/c1-14(2)8-4-7-11(14)16-13(18)9-5-3-6-10(12(9)15)17(19)20/h3,5-6,11H,4,7-8H2,1-2H3,(H,16,18). The van der Waals surface area contributed by atoms with E-state index in [1.165, 1.54) is 18.2 Å². The Kier molecular flexibility index (Phi) is 3.99. The van der Waals surface area contributed by atoms with Gasteiger partial charge in [0.2, 0.25) is 0 Å². The maximum absolute atomic E-state index is 12.3. The lowest BCUT2D eigenvalue weighted by Gasteiger charge is -2.27. The summed E-state index contributed by atoms with van der Waals surface area (Å²) in [4.78, 5) is 22.5. The number of amides is 1. The largest absolute Gasteiger partial charge is 0.349 e. The molecule has 0 aliphatic heterocycles. The molecule has 1 fully saturated rings. The summed E-state index contributed by atoms with van der Waals surface area (Å²) < 4.78 is 0. The molecule has 5 nitrogen and oxygen atoms in total. The second kappa shape index (κ2) is 5.40. The highest BCUT2D eigenvalue weighted by Crippen LogP contribution is 2.37. The van der Waals surface area contributed by atoms with Crippen LogP contribution in [0.1, 0.15) is 43.5 Å². The summed E-state index contributed by atoms with van der Waals surface area (Å²) in [5.41, 5.74) is -0.0448. The van der Waals surface area contributed by atoms with Crippen molar-refractivity contribution in [1.29, 1.82) is 0 Å². The summed E-state index contributed by atoms with van der Waals surface area (Å²) in [6, 6.07) is 4.34. The number of halogens is 1. The van der Waals surface area contributed by atoms with E-state index in [1.54, 1.807) is 0 Å². The molecule has 1 atom stereocenters. The maximum atomic E-state index is 12.3. The van der Waals surface area contributed by atoms with Crippen molar-refractivity contribution in [2.45, 2.75) is 39.2 Å². The van der Waals surface area contributed by atoms with Crippen molar-refractivity contribution in [3.8, 4) is 0 Å². The molecule has 0 bridgehead atoms. The number of nitro benzene ring substituents is 1. The van der Waals surface area contributed by atoms with Crippen LogP contribution in [0.15, 0.2) is 18.2 Å². The van der Waals surface area contributed by atoms with Gasteiger partial charge in [-0.2, -0.15) is 0 Å². The Labute approximate surface area is 122 Å². The highest BCUT2D eigenvalue weighted by atomic mass is 35.5. The Morgan fingerprint density at radius 2 is 2.20 bits per heavy atom. The first kappa shape index (κ1) is 14.8. The topological polar surface area (TPSA) is 72.2 Å². The molecule has 0 spiro atoms. The van der Waals surface area contributed by atoms with Gasteiger partial charge in [0.15, 0.2) is 0 Å². The Balaban J connectivity index is 2.22. The van der Waals surface area contributed by atoms with Gasteiger partial charge in [0.05, 0.1) is 10.5 Å². The number of carbonyl (C=O) groups excluding carboxylic acids is 1. The quantitative estimate of drug-likeness (QED) is 0.684. The van der Waals surface area contributed by atoms with E-state index < -0.39 is 4.92 Å². The van der Waals surface area contributed by atoms with E-state index in [0.717, 1.165) is 19.3 Å². The van der Waals surface area contributed by atoms with E-state index in [4.69, 9.17) is 11.6 Å². The number of nitrogens with one attached hydrogen (secondary N) is 1. The summed E-state index contributed by atoms with van der Waals surface area (Å²) in [5.74, 6) is -0.348. The normalized spacial score (nSPS) is 20.6. The molecule has 6 heteroatoms. The van der Waals surface area contributed by atoms with E-state index >= 15 is 0 Å². The number of carbonyl (C=O) groups is 1. The molecular weight excluding hydrogens is 280 g/mol. The van der Waals surface area contributed by atoms with Gasteiger partial charge in [-0.1, -0.05) is 37.9 Å². The average Bonchev–Trinajstić information content (AvgIpc) is 2.68. The van der Waals surface area contributed by atoms with Crippen molar-refractivity contribution in [3.63, 3.8) is 0 Å². The minimum atomic E-state index is -0.585. The van der Waals surface area contributed by atoms with E-state index in [1.807, 2.05) is 0 Å². The molecule has 1 N–H and O–H groups in total. The van der Waals surface area contributed by atoms with Gasteiger partial charge >= 0.3 is 0 Å². The summed E-state index contributed by atoms with van der Waals surface area (Å²) >= 11 is 5.95. The first-order valence-electron chi connectivity index (χ1n) is 6.57. The molecule has 1 saturated carbocycles. The summed E-state index contributed by atoms with van der Waals surface area (Å²) in [5, 5.41) is 13.7. The molecule has 0 heterocycles. The molecule has 0 saturated heterocycles. The number of nitrogens with zero attached hydrogens (tertiary/aromatic N) is 1. The van der Waals surface area contributed by atoms with E-state index in [9.17, 15) is 14.9 Å². The van der Waals surface area contributed by atoms with Crippen LogP contribution in [0.5, 0.6) is 0 Å². The van der Waals surface area contributed by atoms with Gasteiger partial charge in [-0.25, -0.2) is 0 Å². The number of rotatable bonds is 3. The van der Waals surface area contributed by atoms with Crippen LogP contribution >= 0.6 is 11.6 Å². The van der Waals surface area contributed by atoms with Gasteiger partial charge in [-0.05, 0) is 24.3 Å². The fraction of sp³-hybridized carbons (Fsp3) is 0.500. The molecule has 1 aliphatic rings. The molecule has 1 amide bonds. The van der Waals surface area contributed by atoms with Gasteiger partial charge in [0.1, 0.15) is 5.02 Å². The zero-order chi connectivity index (χ0) is 14.9. The molecule has 2 rings (SSSR count). The van der Waals surface area contributed by atoms with Crippen molar-refractivity contribution >= 4 is 23.2 Å². The SMILES string of the molecule is CC1(C)CCCC1NC(=O)c1cccc([N+](=O)[O-])c1Cl. The lowest BCUT2D eigenvalue weighted by atomic mass is 9.87. The molecule has 1 aliphatic carbocycles. The summed E-state index contributed by atoms with van der Waals surface area (Å²) in [6.07, 6.45) is 3.05. The molecule has 20 heavy (non-hydrogen) atoms. The molecule has 108 valence electrons. The van der Waals surface area contributed by atoms with Gasteiger partial charge in [0.25, 0.3) is 11.6 Å². The van der Waals surface area contributed by atoms with Gasteiger partial charge in [-0.15, -0.1) is 0 Å². The van der Waals surface area contributed by atoms with Crippen molar-refractivity contribution in [2.75, 3.05) is 0 Å². The lowest BCUT2D eigenvalue weighted by Crippen LogP contribution is -2.41. The first-order valence-corrected chi connectivity index (χ1v) is 6.94. The minimum Gasteiger partial charge on any atom is -0.349 e. The molecular formula is C14H17ClN2O3. The van der Waals surface area contributed by atoms with Crippen LogP contribution in [-0.2, 0) is 0 Å². The van der Waals surface area contributed by atoms with Gasteiger partial charge in [-0.3, -0.25) is 14.9 Å². The number of nitro groups is 1. The van der Waals surface area contributed by atoms with Crippen molar-refractivity contribution in [1.82, 2.24) is 5.32 Å². The van der Waals surface area contributed by atoms with Crippen LogP contribution in [-0.4, -0.2) is 16.9 Å². The third-order valence-electron chi connectivity index (χ3n) is 3.98. The monoisotopic (exact) mass is 296 g/mol. The van der Waals surface area contributed by atoms with Crippen LogP contribution in [0.4, 0.5) is 5.69 Å². The fourth-order valence-corrected chi connectivity index (χ4v) is 2.95. The second-order valence-electron chi connectivity index (χ2n) is 5.80. The smallest absolute Gasteiger partial charge is 0.288 e. The van der Waals surface area contributed by atoms with Crippen molar-refractivity contribution in [3.05, 3.63) is 38.9 Å². The first-order chi connectivity index (χ1) is 9.33. The Hall–Kier alpha value is -1.62. The number of hydrogen-bond acceptors (Lipinski definition) is 3. The molecule has 0 aromatic heterocycles. The van der Waals surface area contributed by atoms with Gasteiger partial charge in [0, 0.05) is 12.1 Å². The van der Waals surface area contributed by atoms with Crippen LogP contribution in [0, 0.1) is 15.5 Å². The summed E-state index contributed by atoms with van der Waals surface area (Å²) in [7, 11) is 0. The van der Waals surface area contributed by atoms with Crippen LogP contribution in [0.25, 0.3) is 0 Å². The van der Waals surface area contributed by atoms with Crippen molar-refractivity contribution in [2.24, 2.45) is 5.41 Å². The molecule has 1 aromatic rings. The third-order valence-corrected chi connectivity index (χ3v) is 4.38. The molecule has 0 radical (unpaired) electrons. The van der Waals surface area contributed by atoms with Gasteiger partial charge < -0.3 is 5.32 Å². The number of hydrogen-bond donors (Lipinski definition) is 1. The predicted octanol–water partition coefficient (Wildman–Crippen LogP) is 3.56. The molecule has 1 aromatic carbocycles. The predicted molar refractivity (Wildman–Crippen MR) is 77.0 cm³/mol. The Morgan fingerprint density at radius 3 is 2.75 bits per heavy atom. The Morgan fingerprint density at radius 1 is 1.50 bits per heavy atom. The van der Waals surface area contributed by atoms with E-state index in [-0.39, 0.29) is 33.6 Å². The zero-order valence-electron chi connectivity index (χ0n) is 11.5. The van der Waals surface area contributed by atoms with E-state index in [0.29, 0.717) is 0 Å². The summed E-state index contributed by atoms with van der Waals surface area (Å²) in [6.45, 7) is 4.22. The average molecular weight is 297 g/mol. The van der Waals surface area contributed by atoms with Crippen molar-refractivity contribution < 1.29 is 9.72 Å². The van der Waals surface area contributed by atoms with Crippen LogP contribution in [0.3, 0.4) is 0 Å². The lowest BCUT2D eigenvalue weighted by molar-refractivity contribution is -0.384. The zero-order valence-corrected chi connectivity index (χ0v) is 12.2. The second-order valence-corrected chi connectivity index (χ2v) is 6.18. The van der Waals surface area contributed by atoms with Crippen LogP contribution < -0.4 is 5.32 Å². The van der Waals surface area contributed by atoms with Crippen LogP contribution in [0.2, 0.25) is 5.02 Å². The number of benzene rings is 1. The molecule has 1 unspecified atom stereocenters. The third kappa shape index (κ3) is 2.77. The highest BCUT2D eigenvalue weighted by Gasteiger charge is 2.36. The maximum Gasteiger partial charge on any atom is 0.288 e. The van der Waals surface area contributed by atoms with E-state index in [2.05, 4.69) is 19.2 Å². The fourth-order valence-electron chi connectivity index (χ4n) is 2.67. The highest BCUT2D eigenvalue weighted by molar-refractivity contribution is 6.35. The Bertz CT molecular complexity index is 557. The minimum absolute atomic E-state index is 0.0445.